The Balaban J connectivity index is 0.000000152. The summed E-state index contributed by atoms with van der Waals surface area (Å²) in [6, 6.07) is 22.3. The molecule has 2 aromatic carbocycles. The van der Waals surface area contributed by atoms with E-state index in [1.54, 1.807) is 33.9 Å². The third-order valence-corrected chi connectivity index (χ3v) is 8.55. The zero-order valence-corrected chi connectivity index (χ0v) is 26.3. The Bertz CT molecular complexity index is 1970. The van der Waals surface area contributed by atoms with Crippen molar-refractivity contribution in [1.82, 2.24) is 50.6 Å². The molecule has 0 bridgehead atoms. The molecule has 8 rings (SSSR count). The van der Waals surface area contributed by atoms with Crippen molar-refractivity contribution in [3.8, 4) is 45.4 Å². The lowest BCUT2D eigenvalue weighted by atomic mass is 9.94. The van der Waals surface area contributed by atoms with Gasteiger partial charge in [-0.3, -0.25) is 0 Å². The van der Waals surface area contributed by atoms with Crippen molar-refractivity contribution >= 4 is 5.57 Å². The first-order chi connectivity index (χ1) is 23.6. The van der Waals surface area contributed by atoms with E-state index in [1.807, 2.05) is 73.1 Å². The molecule has 0 saturated carbocycles. The van der Waals surface area contributed by atoms with Crippen molar-refractivity contribution in [3.63, 3.8) is 0 Å². The predicted molar refractivity (Wildman–Crippen MR) is 183 cm³/mol. The Morgan fingerprint density at radius 3 is 1.69 bits per heavy atom. The van der Waals surface area contributed by atoms with Gasteiger partial charge in [-0.25, -0.2) is 9.36 Å². The van der Waals surface area contributed by atoms with Gasteiger partial charge in [-0.05, 0) is 105 Å². The van der Waals surface area contributed by atoms with Gasteiger partial charge >= 0.3 is 0 Å². The average molecular weight is 641 g/mol. The fraction of sp³-hybridized carbons (Fsp3) is 0.222. The largest absolute Gasteiger partial charge is 0.507 e. The number of nitrogens with zero attached hydrogens (tertiary/aromatic N) is 8. The van der Waals surface area contributed by atoms with Gasteiger partial charge in [0.2, 0.25) is 0 Å². The normalized spacial score (nSPS) is 15.0. The third kappa shape index (κ3) is 6.99. The number of hydrogen-bond donors (Lipinski definition) is 4. The van der Waals surface area contributed by atoms with Crippen molar-refractivity contribution in [2.24, 2.45) is 0 Å². The quantitative estimate of drug-likeness (QED) is 0.198. The summed E-state index contributed by atoms with van der Waals surface area (Å²) in [7, 11) is 0. The van der Waals surface area contributed by atoms with Gasteiger partial charge in [0.05, 0.1) is 34.2 Å². The van der Waals surface area contributed by atoms with E-state index in [2.05, 4.69) is 47.3 Å². The topological polar surface area (TPSA) is 152 Å². The van der Waals surface area contributed by atoms with Gasteiger partial charge in [0.15, 0.2) is 0 Å². The molecule has 0 spiro atoms. The Labute approximate surface area is 277 Å². The molecule has 0 unspecified atom stereocenters. The van der Waals surface area contributed by atoms with E-state index in [1.165, 1.54) is 5.57 Å². The molecule has 2 aliphatic rings. The molecular weight excluding hydrogens is 604 g/mol. The second kappa shape index (κ2) is 14.4. The molecule has 12 heteroatoms. The second-order valence-corrected chi connectivity index (χ2v) is 11.7. The molecule has 48 heavy (non-hydrogen) atoms. The van der Waals surface area contributed by atoms with Crippen molar-refractivity contribution in [2.75, 3.05) is 26.2 Å². The molecule has 4 N–H and O–H groups in total. The number of aromatic hydroxyl groups is 2. The van der Waals surface area contributed by atoms with Crippen LogP contribution in [0.1, 0.15) is 36.6 Å². The summed E-state index contributed by atoms with van der Waals surface area (Å²) in [5.41, 5.74) is 7.41. The van der Waals surface area contributed by atoms with Crippen LogP contribution in [0.2, 0.25) is 0 Å². The van der Waals surface area contributed by atoms with Crippen molar-refractivity contribution in [1.29, 1.82) is 0 Å². The number of phenols is 2. The lowest BCUT2D eigenvalue weighted by Gasteiger charge is -2.21. The van der Waals surface area contributed by atoms with Crippen LogP contribution in [0, 0.1) is 0 Å². The molecule has 0 atom stereocenters. The fourth-order valence-corrected chi connectivity index (χ4v) is 5.93. The number of phenolic OH excluding ortho intramolecular Hbond substituents is 2. The number of hydrogen-bond acceptors (Lipinski definition) is 10. The van der Waals surface area contributed by atoms with E-state index < -0.39 is 0 Å². The third-order valence-electron chi connectivity index (χ3n) is 8.55. The fourth-order valence-electron chi connectivity index (χ4n) is 5.93. The maximum absolute atomic E-state index is 10.3. The highest BCUT2D eigenvalue weighted by Gasteiger charge is 2.18. The highest BCUT2D eigenvalue weighted by atomic mass is 16.3. The summed E-state index contributed by atoms with van der Waals surface area (Å²) in [5.74, 6) is 0.807. The van der Waals surface area contributed by atoms with Crippen LogP contribution in [-0.4, -0.2) is 76.3 Å². The van der Waals surface area contributed by atoms with E-state index >= 15 is 0 Å². The first-order valence-electron chi connectivity index (χ1n) is 16.1. The molecule has 6 heterocycles. The zero-order chi connectivity index (χ0) is 32.7. The summed E-state index contributed by atoms with van der Waals surface area (Å²) < 4.78 is 3.40. The molecule has 0 aliphatic carbocycles. The Morgan fingerprint density at radius 1 is 0.625 bits per heavy atom. The smallest absolute Gasteiger partial charge is 0.127 e. The molecule has 2 aliphatic heterocycles. The van der Waals surface area contributed by atoms with E-state index in [0.717, 1.165) is 68.2 Å². The van der Waals surface area contributed by atoms with Crippen LogP contribution in [-0.2, 0) is 0 Å². The summed E-state index contributed by atoms with van der Waals surface area (Å²) in [5, 5.41) is 53.0. The molecule has 242 valence electrons. The standard InChI is InChI=1S/C18H19N5O.C18H17N5O/c2*24-18-12-14(23-11-1-8-20-23)2-3-15(18)17-5-4-16(21-22-17)13-6-9-19-10-7-13/h1-5,8,11-13,19,24H,6-7,9-10H2;1-6,8,11-12,19,24H,7,9-10H2. The van der Waals surface area contributed by atoms with E-state index in [4.69, 9.17) is 0 Å². The van der Waals surface area contributed by atoms with Gasteiger partial charge in [-0.2, -0.15) is 25.5 Å². The van der Waals surface area contributed by atoms with Gasteiger partial charge in [-0.1, -0.05) is 6.08 Å². The second-order valence-electron chi connectivity index (χ2n) is 11.7. The summed E-state index contributed by atoms with van der Waals surface area (Å²) in [6.07, 6.45) is 12.4. The molecule has 0 radical (unpaired) electrons. The first kappa shape index (κ1) is 30.9. The van der Waals surface area contributed by atoms with Crippen LogP contribution < -0.4 is 10.6 Å². The highest BCUT2D eigenvalue weighted by Crippen LogP contribution is 2.32. The molecule has 1 fully saturated rings. The number of rotatable bonds is 6. The maximum atomic E-state index is 10.3. The molecule has 4 aromatic heterocycles. The minimum absolute atomic E-state index is 0.158. The summed E-state index contributed by atoms with van der Waals surface area (Å²) in [4.78, 5) is 0. The van der Waals surface area contributed by atoms with Crippen LogP contribution in [0.3, 0.4) is 0 Å². The molecule has 6 aromatic rings. The van der Waals surface area contributed by atoms with Gasteiger partial charge in [0.1, 0.15) is 11.5 Å². The molecule has 1 saturated heterocycles. The van der Waals surface area contributed by atoms with E-state index in [-0.39, 0.29) is 11.5 Å². The molecule has 0 amide bonds. The Hall–Kier alpha value is -5.72. The number of aromatic nitrogens is 8. The average Bonchev–Trinajstić information content (AvgIpc) is 3.89. The maximum Gasteiger partial charge on any atom is 0.127 e. The van der Waals surface area contributed by atoms with Gasteiger partial charge < -0.3 is 20.8 Å². The van der Waals surface area contributed by atoms with Gasteiger partial charge in [0.25, 0.3) is 0 Å². The van der Waals surface area contributed by atoms with Crippen molar-refractivity contribution in [3.05, 3.63) is 115 Å². The van der Waals surface area contributed by atoms with E-state index in [9.17, 15) is 10.2 Å². The number of nitrogens with one attached hydrogen (secondary N) is 2. The van der Waals surface area contributed by atoms with Crippen LogP contribution in [0.15, 0.2) is 104 Å². The van der Waals surface area contributed by atoms with Gasteiger partial charge in [-0.15, -0.1) is 5.10 Å². The van der Waals surface area contributed by atoms with Gasteiger partial charge in [0, 0.05) is 60.5 Å². The lowest BCUT2D eigenvalue weighted by molar-refractivity contribution is 0.450. The Morgan fingerprint density at radius 2 is 1.21 bits per heavy atom. The SMILES string of the molecule is Oc1cc(-n2cccn2)ccc1-c1ccc(C2=CCNCC2)nn1.Oc1cc(-n2cccn2)ccc1-c1ccc(C2CCNCC2)nn1. The zero-order valence-electron chi connectivity index (χ0n) is 26.3. The first-order valence-corrected chi connectivity index (χ1v) is 16.1. The Kier molecular flexibility index (Phi) is 9.25. The van der Waals surface area contributed by atoms with Crippen LogP contribution in [0.5, 0.6) is 11.5 Å². The monoisotopic (exact) mass is 640 g/mol. The highest BCUT2D eigenvalue weighted by molar-refractivity contribution is 5.70. The van der Waals surface area contributed by atoms with Crippen molar-refractivity contribution < 1.29 is 10.2 Å². The minimum atomic E-state index is 0.158. The van der Waals surface area contributed by atoms with E-state index in [0.29, 0.717) is 28.4 Å². The number of benzene rings is 2. The molecule has 12 nitrogen and oxygen atoms in total. The van der Waals surface area contributed by atoms with Crippen LogP contribution in [0.4, 0.5) is 0 Å². The summed E-state index contributed by atoms with van der Waals surface area (Å²) >= 11 is 0. The van der Waals surface area contributed by atoms with Crippen LogP contribution in [0.25, 0.3) is 39.5 Å². The van der Waals surface area contributed by atoms with Crippen molar-refractivity contribution in [2.45, 2.75) is 25.2 Å². The molecular formula is C36H36N10O2. The minimum Gasteiger partial charge on any atom is -0.507 e. The lowest BCUT2D eigenvalue weighted by Crippen LogP contribution is -2.27. The predicted octanol–water partition coefficient (Wildman–Crippen LogP) is 4.91. The number of piperidine rings is 1. The van der Waals surface area contributed by atoms with Crippen LogP contribution >= 0.6 is 0 Å². The summed E-state index contributed by atoms with van der Waals surface area (Å²) in [6.45, 7) is 3.90.